The molecule has 2 aromatic rings. The predicted molar refractivity (Wildman–Crippen MR) is 113 cm³/mol. The van der Waals surface area contributed by atoms with Crippen molar-refractivity contribution in [1.29, 1.82) is 0 Å². The molecule has 0 bridgehead atoms. The van der Waals surface area contributed by atoms with Crippen LogP contribution in [0.15, 0.2) is 48.8 Å². The largest absolute Gasteiger partial charge is 0.462 e. The highest BCUT2D eigenvalue weighted by molar-refractivity contribution is 5.73. The van der Waals surface area contributed by atoms with Crippen LogP contribution in [0.5, 0.6) is 5.75 Å². The van der Waals surface area contributed by atoms with Crippen molar-refractivity contribution in [1.82, 2.24) is 10.3 Å². The van der Waals surface area contributed by atoms with E-state index in [0.29, 0.717) is 12.2 Å². The van der Waals surface area contributed by atoms with Crippen LogP contribution < -0.4 is 10.1 Å². The highest BCUT2D eigenvalue weighted by Gasteiger charge is 2.50. The molecule has 2 heterocycles. The average molecular weight is 431 g/mol. The Balaban J connectivity index is 1.69. The second-order valence-corrected chi connectivity index (χ2v) is 8.23. The molecule has 1 aliphatic rings. The molecule has 0 saturated carbocycles. The zero-order valence-corrected chi connectivity index (χ0v) is 18.2. The lowest BCUT2D eigenvalue weighted by molar-refractivity contribution is -0.305. The number of carbonyl (C=O) groups excluding carboxylic acids is 1. The predicted octanol–water partition coefficient (Wildman–Crippen LogP) is 1.75. The summed E-state index contributed by atoms with van der Waals surface area (Å²) in [6.07, 6.45) is -0.130. The maximum atomic E-state index is 11.6. The summed E-state index contributed by atoms with van der Waals surface area (Å²) in [7, 11) is 1.46. The van der Waals surface area contributed by atoms with Gasteiger partial charge in [0.05, 0.1) is 11.6 Å². The molecule has 1 aromatic heterocycles. The fourth-order valence-corrected chi connectivity index (χ4v) is 3.87. The standard InChI is InChI=1S/C23H30N2O6/c1-14(26)25-18(16-9-11-24-12-10-16)13-15-5-7-17(8-6-15)30-22-20(28)19(27)21(29-4)23(2,3)31-22/h5-12,18-22,27-28H,13H2,1-4H3,(H,25,26)/t18?,19-,20-,21+,22?/m0/s1. The van der Waals surface area contributed by atoms with E-state index in [4.69, 9.17) is 14.2 Å². The highest BCUT2D eigenvalue weighted by Crippen LogP contribution is 2.32. The number of nitrogens with one attached hydrogen (secondary N) is 1. The molecule has 0 aliphatic carbocycles. The summed E-state index contributed by atoms with van der Waals surface area (Å²) in [6, 6.07) is 10.9. The first kappa shape index (κ1) is 23.1. The van der Waals surface area contributed by atoms with Gasteiger partial charge in [0.1, 0.15) is 24.1 Å². The van der Waals surface area contributed by atoms with Gasteiger partial charge < -0.3 is 29.7 Å². The molecule has 1 aliphatic heterocycles. The Bertz CT molecular complexity index is 858. The van der Waals surface area contributed by atoms with Crippen molar-refractivity contribution in [3.8, 4) is 5.75 Å². The molecule has 1 saturated heterocycles. The van der Waals surface area contributed by atoms with Crippen LogP contribution in [0.3, 0.4) is 0 Å². The molecule has 0 radical (unpaired) electrons. The van der Waals surface area contributed by atoms with E-state index in [-0.39, 0.29) is 11.9 Å². The highest BCUT2D eigenvalue weighted by atomic mass is 16.7. The van der Waals surface area contributed by atoms with Gasteiger partial charge in [-0.1, -0.05) is 12.1 Å². The van der Waals surface area contributed by atoms with Gasteiger partial charge in [-0.2, -0.15) is 0 Å². The number of benzene rings is 1. The van der Waals surface area contributed by atoms with Gasteiger partial charge in [0.15, 0.2) is 0 Å². The molecule has 3 N–H and O–H groups in total. The van der Waals surface area contributed by atoms with Crippen LogP contribution in [0, 0.1) is 0 Å². The minimum atomic E-state index is -1.26. The lowest BCUT2D eigenvalue weighted by Gasteiger charge is -2.46. The van der Waals surface area contributed by atoms with Crippen LogP contribution in [-0.2, 0) is 20.7 Å². The number of aromatic nitrogens is 1. The van der Waals surface area contributed by atoms with Gasteiger partial charge in [-0.15, -0.1) is 0 Å². The number of ether oxygens (including phenoxy) is 3. The van der Waals surface area contributed by atoms with Gasteiger partial charge in [0.25, 0.3) is 0 Å². The number of hydrogen-bond donors (Lipinski definition) is 3. The number of methoxy groups -OCH3 is 1. The van der Waals surface area contributed by atoms with Crippen LogP contribution in [-0.4, -0.2) is 58.4 Å². The summed E-state index contributed by atoms with van der Waals surface area (Å²) in [5.41, 5.74) is 1.12. The molecule has 3 rings (SSSR count). The minimum Gasteiger partial charge on any atom is -0.462 e. The van der Waals surface area contributed by atoms with Crippen LogP contribution in [0.2, 0.25) is 0 Å². The summed E-state index contributed by atoms with van der Waals surface area (Å²) in [6.45, 7) is 5.04. The maximum Gasteiger partial charge on any atom is 0.229 e. The molecular weight excluding hydrogens is 400 g/mol. The van der Waals surface area contributed by atoms with Crippen molar-refractivity contribution in [3.63, 3.8) is 0 Å². The van der Waals surface area contributed by atoms with Crippen LogP contribution in [0.4, 0.5) is 0 Å². The fraction of sp³-hybridized carbons (Fsp3) is 0.478. The van der Waals surface area contributed by atoms with Crippen LogP contribution in [0.25, 0.3) is 0 Å². The molecule has 8 heteroatoms. The van der Waals surface area contributed by atoms with E-state index in [9.17, 15) is 15.0 Å². The van der Waals surface area contributed by atoms with E-state index in [1.807, 2.05) is 24.3 Å². The number of carbonyl (C=O) groups is 1. The van der Waals surface area contributed by atoms with Crippen molar-refractivity contribution in [3.05, 3.63) is 59.9 Å². The van der Waals surface area contributed by atoms with Gasteiger partial charge in [0, 0.05) is 26.4 Å². The van der Waals surface area contributed by atoms with Crippen molar-refractivity contribution in [2.45, 2.75) is 63.4 Å². The maximum absolute atomic E-state index is 11.6. The Morgan fingerprint density at radius 1 is 1.16 bits per heavy atom. The third kappa shape index (κ3) is 5.59. The molecule has 31 heavy (non-hydrogen) atoms. The van der Waals surface area contributed by atoms with Crippen molar-refractivity contribution < 1.29 is 29.2 Å². The molecule has 1 aromatic carbocycles. The monoisotopic (exact) mass is 430 g/mol. The van der Waals surface area contributed by atoms with E-state index in [2.05, 4.69) is 10.3 Å². The van der Waals surface area contributed by atoms with Gasteiger partial charge in [-0.05, 0) is 55.7 Å². The Labute approximate surface area is 182 Å². The molecule has 0 spiro atoms. The van der Waals surface area contributed by atoms with Crippen LogP contribution in [0.1, 0.15) is 37.9 Å². The zero-order chi connectivity index (χ0) is 22.6. The summed E-state index contributed by atoms with van der Waals surface area (Å²) >= 11 is 0. The second-order valence-electron chi connectivity index (χ2n) is 8.23. The molecular formula is C23H30N2O6. The third-order valence-electron chi connectivity index (χ3n) is 5.40. The Morgan fingerprint density at radius 2 is 1.81 bits per heavy atom. The van der Waals surface area contributed by atoms with Crippen molar-refractivity contribution in [2.75, 3.05) is 7.11 Å². The van der Waals surface area contributed by atoms with E-state index in [1.165, 1.54) is 14.0 Å². The van der Waals surface area contributed by atoms with E-state index < -0.39 is 30.2 Å². The summed E-state index contributed by atoms with van der Waals surface area (Å²) in [4.78, 5) is 15.7. The van der Waals surface area contributed by atoms with E-state index in [0.717, 1.165) is 11.1 Å². The Kier molecular flexibility index (Phi) is 7.27. The van der Waals surface area contributed by atoms with Gasteiger partial charge in [-0.25, -0.2) is 0 Å². The first-order valence-corrected chi connectivity index (χ1v) is 10.2. The first-order valence-electron chi connectivity index (χ1n) is 10.2. The lowest BCUT2D eigenvalue weighted by Crippen LogP contribution is -2.63. The van der Waals surface area contributed by atoms with Crippen molar-refractivity contribution >= 4 is 5.91 Å². The number of nitrogens with zero attached hydrogens (tertiary/aromatic N) is 1. The molecule has 8 nitrogen and oxygen atoms in total. The summed E-state index contributed by atoms with van der Waals surface area (Å²) < 4.78 is 16.9. The minimum absolute atomic E-state index is 0.110. The smallest absolute Gasteiger partial charge is 0.229 e. The average Bonchev–Trinajstić information content (AvgIpc) is 2.73. The molecule has 168 valence electrons. The number of aliphatic hydroxyl groups excluding tert-OH is 2. The van der Waals surface area contributed by atoms with Crippen LogP contribution >= 0.6 is 0 Å². The van der Waals surface area contributed by atoms with Gasteiger partial charge in [0.2, 0.25) is 12.2 Å². The summed E-state index contributed by atoms with van der Waals surface area (Å²) in [5, 5.41) is 23.7. The topological polar surface area (TPSA) is 110 Å². The Morgan fingerprint density at radius 3 is 2.39 bits per heavy atom. The molecule has 2 unspecified atom stereocenters. The third-order valence-corrected chi connectivity index (χ3v) is 5.40. The first-order chi connectivity index (χ1) is 14.7. The Hall–Kier alpha value is -2.52. The number of aliphatic hydroxyl groups is 2. The normalized spacial score (nSPS) is 26.1. The quantitative estimate of drug-likeness (QED) is 0.614. The zero-order valence-electron chi connectivity index (χ0n) is 18.2. The lowest BCUT2D eigenvalue weighted by atomic mass is 9.89. The number of amides is 1. The van der Waals surface area contributed by atoms with E-state index >= 15 is 0 Å². The number of rotatable bonds is 7. The molecule has 1 amide bonds. The second kappa shape index (κ2) is 9.74. The van der Waals surface area contributed by atoms with Gasteiger partial charge in [-0.3, -0.25) is 9.78 Å². The van der Waals surface area contributed by atoms with E-state index in [1.54, 1.807) is 38.4 Å². The molecule has 5 atom stereocenters. The number of pyridine rings is 1. The number of hydrogen-bond acceptors (Lipinski definition) is 7. The fourth-order valence-electron chi connectivity index (χ4n) is 3.87. The summed E-state index contributed by atoms with van der Waals surface area (Å²) in [5.74, 6) is 0.382. The van der Waals surface area contributed by atoms with Gasteiger partial charge >= 0.3 is 0 Å². The molecule has 1 fully saturated rings. The SMILES string of the molecule is CO[C@@H]1[C@@H](O)[C@H](O)C(Oc2ccc(CC(NC(C)=O)c3ccncc3)cc2)OC1(C)C. The van der Waals surface area contributed by atoms with Crippen molar-refractivity contribution in [2.24, 2.45) is 0 Å².